The van der Waals surface area contributed by atoms with Gasteiger partial charge < -0.3 is 9.80 Å². The van der Waals surface area contributed by atoms with Crippen molar-refractivity contribution in [2.45, 2.75) is 24.3 Å². The molecule has 0 radical (unpaired) electrons. The van der Waals surface area contributed by atoms with Gasteiger partial charge in [0.25, 0.3) is 0 Å². The first kappa shape index (κ1) is 19.4. The number of likely N-dealkylation sites (N-methyl/N-ethyl adjacent to an activating group) is 1. The minimum atomic E-state index is 0.692. The molecule has 27 heavy (non-hydrogen) atoms. The van der Waals surface area contributed by atoms with Crippen molar-refractivity contribution in [2.24, 2.45) is 0 Å². The molecule has 4 rings (SSSR count). The van der Waals surface area contributed by atoms with Crippen molar-refractivity contribution in [3.05, 3.63) is 57.6 Å². The fourth-order valence-corrected chi connectivity index (χ4v) is 5.52. The first-order valence-electron chi connectivity index (χ1n) is 9.51. The Morgan fingerprint density at radius 3 is 2.33 bits per heavy atom. The highest BCUT2D eigenvalue weighted by atomic mass is 35.5. The highest BCUT2D eigenvalue weighted by molar-refractivity contribution is 7.97. The van der Waals surface area contributed by atoms with Crippen LogP contribution in [0.2, 0.25) is 10.0 Å². The second kappa shape index (κ2) is 8.62. The minimum Gasteiger partial charge on any atom is -0.369 e. The molecule has 0 spiro atoms. The Labute approximate surface area is 176 Å². The van der Waals surface area contributed by atoms with Gasteiger partial charge in [-0.15, -0.1) is 0 Å². The summed E-state index contributed by atoms with van der Waals surface area (Å²) in [5.74, 6) is 0. The molecule has 1 saturated heterocycles. The van der Waals surface area contributed by atoms with Crippen LogP contribution in [0.1, 0.15) is 17.5 Å². The predicted molar refractivity (Wildman–Crippen MR) is 117 cm³/mol. The molecule has 0 atom stereocenters. The van der Waals surface area contributed by atoms with Gasteiger partial charge in [0.1, 0.15) is 0 Å². The van der Waals surface area contributed by atoms with Gasteiger partial charge in [-0.25, -0.2) is 4.31 Å². The summed E-state index contributed by atoms with van der Waals surface area (Å²) in [5, 5.41) is 1.38. The van der Waals surface area contributed by atoms with Crippen LogP contribution < -0.4 is 4.90 Å². The molecule has 2 aliphatic heterocycles. The van der Waals surface area contributed by atoms with E-state index in [2.05, 4.69) is 39.4 Å². The van der Waals surface area contributed by atoms with Gasteiger partial charge in [0, 0.05) is 59.9 Å². The van der Waals surface area contributed by atoms with E-state index in [9.17, 15) is 0 Å². The second-order valence-corrected chi connectivity index (χ2v) is 9.45. The minimum absolute atomic E-state index is 0.692. The summed E-state index contributed by atoms with van der Waals surface area (Å²) < 4.78 is 2.43. The SMILES string of the molecule is CN1CCN(c2ccc3c(c2)CN(Sc2cc(Cl)cc(Cl)c2)CCC3)CC1. The highest BCUT2D eigenvalue weighted by Crippen LogP contribution is 2.33. The number of anilines is 1. The molecule has 0 N–H and O–H groups in total. The first-order chi connectivity index (χ1) is 13.1. The van der Waals surface area contributed by atoms with Crippen LogP contribution in [0, 0.1) is 0 Å². The number of hydrogen-bond acceptors (Lipinski definition) is 4. The third-order valence-corrected chi connectivity index (χ3v) is 6.78. The molecule has 0 amide bonds. The van der Waals surface area contributed by atoms with Crippen LogP contribution in [0.15, 0.2) is 41.3 Å². The van der Waals surface area contributed by atoms with Crippen molar-refractivity contribution in [3.8, 4) is 0 Å². The van der Waals surface area contributed by atoms with Crippen molar-refractivity contribution in [3.63, 3.8) is 0 Å². The lowest BCUT2D eigenvalue weighted by atomic mass is 10.0. The van der Waals surface area contributed by atoms with Gasteiger partial charge in [0.2, 0.25) is 0 Å². The molecule has 3 nitrogen and oxygen atoms in total. The van der Waals surface area contributed by atoms with Crippen LogP contribution in [0.4, 0.5) is 5.69 Å². The summed E-state index contributed by atoms with van der Waals surface area (Å²) in [6.45, 7) is 6.49. The Morgan fingerprint density at radius 1 is 0.852 bits per heavy atom. The molecule has 0 bridgehead atoms. The zero-order valence-electron chi connectivity index (χ0n) is 15.6. The van der Waals surface area contributed by atoms with Crippen molar-refractivity contribution in [2.75, 3.05) is 44.7 Å². The van der Waals surface area contributed by atoms with Crippen molar-refractivity contribution in [1.29, 1.82) is 0 Å². The van der Waals surface area contributed by atoms with E-state index in [1.165, 1.54) is 23.2 Å². The molecule has 0 aromatic heterocycles. The van der Waals surface area contributed by atoms with E-state index in [4.69, 9.17) is 23.2 Å². The monoisotopic (exact) mass is 421 g/mol. The van der Waals surface area contributed by atoms with Crippen LogP contribution in [-0.4, -0.2) is 49.0 Å². The molecule has 2 aromatic carbocycles. The van der Waals surface area contributed by atoms with Gasteiger partial charge >= 0.3 is 0 Å². The fraction of sp³-hybridized carbons (Fsp3) is 0.429. The number of halogens is 2. The molecule has 2 aromatic rings. The standard InChI is InChI=1S/C21H25Cl2N3S/c1-24-7-9-25(10-8-24)20-5-4-16-3-2-6-26(15-17(16)11-20)27-21-13-18(22)12-19(23)14-21/h4-5,11-14H,2-3,6-10,15H2,1H3. The number of fused-ring (bicyclic) bond motifs is 1. The van der Waals surface area contributed by atoms with Gasteiger partial charge in [0.05, 0.1) is 0 Å². The number of benzene rings is 2. The van der Waals surface area contributed by atoms with Gasteiger partial charge in [-0.1, -0.05) is 29.3 Å². The molecular formula is C21H25Cl2N3S. The number of aryl methyl sites for hydroxylation is 1. The van der Waals surface area contributed by atoms with Gasteiger partial charge in [0.15, 0.2) is 0 Å². The van der Waals surface area contributed by atoms with E-state index >= 15 is 0 Å². The van der Waals surface area contributed by atoms with Crippen LogP contribution in [0.25, 0.3) is 0 Å². The Balaban J connectivity index is 1.51. The van der Waals surface area contributed by atoms with Crippen LogP contribution >= 0.6 is 35.1 Å². The summed E-state index contributed by atoms with van der Waals surface area (Å²) in [6.07, 6.45) is 2.31. The number of hydrogen-bond donors (Lipinski definition) is 0. The van der Waals surface area contributed by atoms with Crippen molar-refractivity contribution in [1.82, 2.24) is 9.21 Å². The van der Waals surface area contributed by atoms with E-state index in [-0.39, 0.29) is 0 Å². The molecule has 6 heteroatoms. The average molecular weight is 422 g/mol. The molecule has 2 aliphatic rings. The number of nitrogens with zero attached hydrogens (tertiary/aromatic N) is 3. The van der Waals surface area contributed by atoms with Gasteiger partial charge in [-0.2, -0.15) is 0 Å². The van der Waals surface area contributed by atoms with Crippen molar-refractivity contribution >= 4 is 40.8 Å². The van der Waals surface area contributed by atoms with Crippen molar-refractivity contribution < 1.29 is 0 Å². The highest BCUT2D eigenvalue weighted by Gasteiger charge is 2.19. The Bertz CT molecular complexity index is 786. The molecule has 0 unspecified atom stereocenters. The molecule has 0 saturated carbocycles. The molecular weight excluding hydrogens is 397 g/mol. The maximum atomic E-state index is 6.17. The average Bonchev–Trinajstić information content (AvgIpc) is 2.82. The van der Waals surface area contributed by atoms with Crippen LogP contribution in [0.3, 0.4) is 0 Å². The Morgan fingerprint density at radius 2 is 1.59 bits per heavy atom. The zero-order valence-corrected chi connectivity index (χ0v) is 18.0. The number of piperazine rings is 1. The van der Waals surface area contributed by atoms with E-state index in [1.807, 2.05) is 12.1 Å². The lowest BCUT2D eigenvalue weighted by Gasteiger charge is -2.34. The zero-order chi connectivity index (χ0) is 18.8. The molecule has 144 valence electrons. The summed E-state index contributed by atoms with van der Waals surface area (Å²) in [4.78, 5) is 6.01. The lowest BCUT2D eigenvalue weighted by molar-refractivity contribution is 0.313. The fourth-order valence-electron chi connectivity index (χ4n) is 3.79. The molecule has 1 fully saturated rings. The van der Waals surface area contributed by atoms with Gasteiger partial charge in [-0.05, 0) is 73.3 Å². The number of rotatable bonds is 3. The quantitative estimate of drug-likeness (QED) is 0.629. The largest absolute Gasteiger partial charge is 0.369 e. The van der Waals surface area contributed by atoms with E-state index in [0.29, 0.717) is 10.0 Å². The van der Waals surface area contributed by atoms with Crippen LogP contribution in [0.5, 0.6) is 0 Å². The molecule has 0 aliphatic carbocycles. The molecule has 2 heterocycles. The third kappa shape index (κ3) is 4.93. The summed E-state index contributed by atoms with van der Waals surface area (Å²) in [6, 6.07) is 12.8. The van der Waals surface area contributed by atoms with E-state index in [0.717, 1.165) is 50.6 Å². The van der Waals surface area contributed by atoms with E-state index < -0.39 is 0 Å². The normalized spacial score (nSPS) is 19.0. The second-order valence-electron chi connectivity index (χ2n) is 7.41. The van der Waals surface area contributed by atoms with Gasteiger partial charge in [-0.3, -0.25) is 0 Å². The van der Waals surface area contributed by atoms with Crippen LogP contribution in [-0.2, 0) is 13.0 Å². The third-order valence-electron chi connectivity index (χ3n) is 5.33. The predicted octanol–water partition coefficient (Wildman–Crippen LogP) is 5.20. The first-order valence-corrected chi connectivity index (χ1v) is 11.0. The van der Waals surface area contributed by atoms with E-state index in [1.54, 1.807) is 18.0 Å². The lowest BCUT2D eigenvalue weighted by Crippen LogP contribution is -2.44. The Hall–Kier alpha value is -0.910. The maximum absolute atomic E-state index is 6.17. The Kier molecular flexibility index (Phi) is 6.20. The smallest absolute Gasteiger partial charge is 0.0432 e. The summed E-state index contributed by atoms with van der Waals surface area (Å²) >= 11 is 14.1. The summed E-state index contributed by atoms with van der Waals surface area (Å²) in [5.41, 5.74) is 4.30. The summed E-state index contributed by atoms with van der Waals surface area (Å²) in [7, 11) is 2.20. The maximum Gasteiger partial charge on any atom is 0.0432 e. The topological polar surface area (TPSA) is 9.72 Å².